The Bertz CT molecular complexity index is 1350. The van der Waals surface area contributed by atoms with Gasteiger partial charge in [0, 0.05) is 22.9 Å². The first-order valence-corrected chi connectivity index (χ1v) is 10.3. The van der Waals surface area contributed by atoms with Crippen molar-refractivity contribution < 1.29 is 0 Å². The summed E-state index contributed by atoms with van der Waals surface area (Å²) in [5.74, 6) is 1.13. The summed E-state index contributed by atoms with van der Waals surface area (Å²) in [6.07, 6.45) is 1.80. The smallest absolute Gasteiger partial charge is 0.254 e. The average molecular weight is 430 g/mol. The summed E-state index contributed by atoms with van der Waals surface area (Å²) in [6, 6.07) is 19.7. The molecule has 5 aromatic rings. The van der Waals surface area contributed by atoms with Gasteiger partial charge in [0.25, 0.3) is 5.95 Å². The van der Waals surface area contributed by atoms with Crippen molar-refractivity contribution in [1.29, 1.82) is 0 Å². The number of fused-ring (bicyclic) bond motifs is 1. The third kappa shape index (κ3) is 3.87. The maximum Gasteiger partial charge on any atom is 0.254 e. The van der Waals surface area contributed by atoms with E-state index in [9.17, 15) is 0 Å². The topological polar surface area (TPSA) is 73.5 Å². The van der Waals surface area contributed by atoms with Crippen LogP contribution >= 0.6 is 11.6 Å². The van der Waals surface area contributed by atoms with Gasteiger partial charge in [0.15, 0.2) is 11.5 Å². The summed E-state index contributed by atoms with van der Waals surface area (Å²) in [4.78, 5) is 14.1. The molecule has 0 atom stereocenters. The summed E-state index contributed by atoms with van der Waals surface area (Å²) in [7, 11) is 0. The molecule has 0 radical (unpaired) electrons. The van der Waals surface area contributed by atoms with Crippen LogP contribution in [0.1, 0.15) is 17.0 Å². The zero-order valence-corrected chi connectivity index (χ0v) is 17.9. The first-order chi connectivity index (χ1) is 15.1. The molecule has 0 fully saturated rings. The lowest BCUT2D eigenvalue weighted by atomic mass is 10.2. The maximum atomic E-state index is 6.05. The van der Waals surface area contributed by atoms with Gasteiger partial charge in [0.2, 0.25) is 0 Å². The van der Waals surface area contributed by atoms with Gasteiger partial charge in [0.1, 0.15) is 5.52 Å². The van der Waals surface area contributed by atoms with Crippen molar-refractivity contribution in [3.8, 4) is 5.95 Å². The van der Waals surface area contributed by atoms with E-state index < -0.39 is 0 Å². The molecule has 2 aromatic carbocycles. The summed E-state index contributed by atoms with van der Waals surface area (Å²) < 4.78 is 3.78. The number of aromatic nitrogens is 6. The number of halogens is 1. The Morgan fingerprint density at radius 2 is 1.74 bits per heavy atom. The van der Waals surface area contributed by atoms with E-state index in [1.807, 2.05) is 66.9 Å². The fourth-order valence-corrected chi connectivity index (χ4v) is 3.68. The lowest BCUT2D eigenvalue weighted by Crippen LogP contribution is -2.09. The van der Waals surface area contributed by atoms with Crippen molar-refractivity contribution in [2.45, 2.75) is 20.4 Å². The fraction of sp³-hybridized carbons (Fsp3) is 0.130. The zero-order valence-electron chi connectivity index (χ0n) is 17.1. The predicted molar refractivity (Wildman–Crippen MR) is 122 cm³/mol. The lowest BCUT2D eigenvalue weighted by molar-refractivity contribution is 0.778. The van der Waals surface area contributed by atoms with Crippen LogP contribution in [0.4, 0.5) is 11.5 Å². The van der Waals surface area contributed by atoms with E-state index in [1.165, 1.54) is 5.56 Å². The van der Waals surface area contributed by atoms with Gasteiger partial charge in [-0.3, -0.25) is 0 Å². The Morgan fingerprint density at radius 3 is 2.45 bits per heavy atom. The predicted octanol–water partition coefficient (Wildman–Crippen LogP) is 5.07. The highest BCUT2D eigenvalue weighted by molar-refractivity contribution is 6.30. The number of nitrogens with one attached hydrogen (secondary N) is 1. The number of hydrogen-bond acceptors (Lipinski definition) is 5. The molecule has 7 nitrogen and oxygen atoms in total. The third-order valence-electron chi connectivity index (χ3n) is 4.96. The van der Waals surface area contributed by atoms with E-state index in [0.29, 0.717) is 29.0 Å². The average Bonchev–Trinajstić information content (AvgIpc) is 3.32. The number of imidazole rings is 1. The van der Waals surface area contributed by atoms with Crippen LogP contribution in [0.15, 0.2) is 67.0 Å². The summed E-state index contributed by atoms with van der Waals surface area (Å²) in [5.41, 5.74) is 5.33. The van der Waals surface area contributed by atoms with E-state index in [-0.39, 0.29) is 0 Å². The minimum Gasteiger partial charge on any atom is -0.338 e. The summed E-state index contributed by atoms with van der Waals surface area (Å²) >= 11 is 6.05. The molecule has 0 unspecified atom stereocenters. The van der Waals surface area contributed by atoms with Gasteiger partial charge in [-0.25, -0.2) is 9.67 Å². The van der Waals surface area contributed by atoms with Gasteiger partial charge in [-0.05, 0) is 49.7 Å². The van der Waals surface area contributed by atoms with Gasteiger partial charge in [-0.2, -0.15) is 15.1 Å². The van der Waals surface area contributed by atoms with Crippen molar-refractivity contribution in [3.05, 3.63) is 89.0 Å². The second-order valence-electron chi connectivity index (χ2n) is 7.37. The van der Waals surface area contributed by atoms with Gasteiger partial charge >= 0.3 is 0 Å². The van der Waals surface area contributed by atoms with Crippen LogP contribution < -0.4 is 5.32 Å². The molecule has 8 heteroatoms. The molecule has 3 heterocycles. The molecule has 0 aliphatic heterocycles. The SMILES string of the molecule is Cc1cc(C)n(-c2nc(Nc3ccc(Cl)cc3)c3c(ncn3Cc3ccccc3)n2)n1. The Morgan fingerprint density at radius 1 is 0.968 bits per heavy atom. The molecule has 0 saturated heterocycles. The summed E-state index contributed by atoms with van der Waals surface area (Å²) in [5, 5.41) is 8.62. The van der Waals surface area contributed by atoms with Crippen LogP contribution in [0.2, 0.25) is 5.02 Å². The highest BCUT2D eigenvalue weighted by atomic mass is 35.5. The molecular formula is C23H20ClN7. The number of aryl methyl sites for hydroxylation is 2. The molecule has 154 valence electrons. The first-order valence-electron chi connectivity index (χ1n) is 9.90. The van der Waals surface area contributed by atoms with Crippen molar-refractivity contribution in [3.63, 3.8) is 0 Å². The molecule has 3 aromatic heterocycles. The van der Waals surface area contributed by atoms with E-state index >= 15 is 0 Å². The Labute approximate surface area is 184 Å². The highest BCUT2D eigenvalue weighted by Crippen LogP contribution is 2.26. The Hall–Kier alpha value is -3.71. The Kier molecular flexibility index (Phi) is 4.88. The molecule has 0 aliphatic rings. The normalized spacial score (nSPS) is 11.2. The van der Waals surface area contributed by atoms with E-state index in [4.69, 9.17) is 21.6 Å². The van der Waals surface area contributed by atoms with Gasteiger partial charge in [0.05, 0.1) is 12.0 Å². The second-order valence-corrected chi connectivity index (χ2v) is 7.81. The number of rotatable bonds is 5. The molecule has 0 spiro atoms. The molecule has 0 bridgehead atoms. The zero-order chi connectivity index (χ0) is 21.4. The number of nitrogens with zero attached hydrogens (tertiary/aromatic N) is 6. The molecule has 0 saturated carbocycles. The van der Waals surface area contributed by atoms with Crippen LogP contribution in [0.5, 0.6) is 0 Å². The lowest BCUT2D eigenvalue weighted by Gasteiger charge is -2.12. The quantitative estimate of drug-likeness (QED) is 0.422. The molecule has 1 N–H and O–H groups in total. The summed E-state index contributed by atoms with van der Waals surface area (Å²) in [6.45, 7) is 4.59. The molecule has 5 rings (SSSR count). The fourth-order valence-electron chi connectivity index (χ4n) is 3.55. The van der Waals surface area contributed by atoms with E-state index in [0.717, 1.165) is 22.6 Å². The van der Waals surface area contributed by atoms with Crippen LogP contribution in [-0.4, -0.2) is 29.3 Å². The number of benzene rings is 2. The van der Waals surface area contributed by atoms with Crippen LogP contribution in [-0.2, 0) is 6.54 Å². The van der Waals surface area contributed by atoms with E-state index in [1.54, 1.807) is 11.0 Å². The minimum atomic E-state index is 0.472. The number of hydrogen-bond donors (Lipinski definition) is 1. The second kappa shape index (κ2) is 7.85. The third-order valence-corrected chi connectivity index (χ3v) is 5.21. The van der Waals surface area contributed by atoms with Crippen LogP contribution in [0.25, 0.3) is 17.1 Å². The van der Waals surface area contributed by atoms with Crippen LogP contribution in [0.3, 0.4) is 0 Å². The molecule has 31 heavy (non-hydrogen) atoms. The molecule has 0 aliphatic carbocycles. The van der Waals surface area contributed by atoms with Crippen molar-refractivity contribution >= 4 is 34.3 Å². The van der Waals surface area contributed by atoms with Crippen molar-refractivity contribution in [2.24, 2.45) is 0 Å². The maximum absolute atomic E-state index is 6.05. The van der Waals surface area contributed by atoms with Gasteiger partial charge in [-0.15, -0.1) is 0 Å². The van der Waals surface area contributed by atoms with Crippen molar-refractivity contribution in [2.75, 3.05) is 5.32 Å². The van der Waals surface area contributed by atoms with Crippen molar-refractivity contribution in [1.82, 2.24) is 29.3 Å². The number of anilines is 2. The molecular weight excluding hydrogens is 410 g/mol. The first kappa shape index (κ1) is 19.3. The Balaban J connectivity index is 1.65. The van der Waals surface area contributed by atoms with E-state index in [2.05, 4.69) is 27.5 Å². The largest absolute Gasteiger partial charge is 0.338 e. The van der Waals surface area contributed by atoms with Crippen LogP contribution in [0, 0.1) is 13.8 Å². The van der Waals surface area contributed by atoms with Gasteiger partial charge < -0.3 is 9.88 Å². The standard InChI is InChI=1S/C23H20ClN7/c1-15-12-16(2)31(29-15)23-27-21-20(22(28-23)26-19-10-8-18(24)9-11-19)30(14-25-21)13-17-6-4-3-5-7-17/h3-12,14H,13H2,1-2H3,(H,26,27,28). The monoisotopic (exact) mass is 429 g/mol. The van der Waals surface area contributed by atoms with Gasteiger partial charge in [-0.1, -0.05) is 41.9 Å². The molecule has 0 amide bonds. The highest BCUT2D eigenvalue weighted by Gasteiger charge is 2.17. The minimum absolute atomic E-state index is 0.472.